The van der Waals surface area contributed by atoms with Gasteiger partial charge in [0.25, 0.3) is 0 Å². The molecule has 0 unspecified atom stereocenters. The number of aromatic nitrogens is 4. The van der Waals surface area contributed by atoms with Crippen LogP contribution in [0.1, 0.15) is 0 Å². The van der Waals surface area contributed by atoms with Gasteiger partial charge >= 0.3 is 0 Å². The molecule has 0 aliphatic rings. The number of nitrogens with zero attached hydrogens (tertiary/aromatic N) is 4. The summed E-state index contributed by atoms with van der Waals surface area (Å²) in [5.41, 5.74) is 7.51. The highest BCUT2D eigenvalue weighted by molar-refractivity contribution is 7.22. The topological polar surface area (TPSA) is 69.6 Å². The first kappa shape index (κ1) is 8.37. The van der Waals surface area contributed by atoms with E-state index < -0.39 is 0 Å². The van der Waals surface area contributed by atoms with Gasteiger partial charge in [-0.25, -0.2) is 9.67 Å². The molecule has 0 fully saturated rings. The van der Waals surface area contributed by atoms with Gasteiger partial charge in [-0.1, -0.05) is 16.6 Å². The molecular formula is C9H7N5S. The number of nitrogens with two attached hydrogens (primary N) is 1. The van der Waals surface area contributed by atoms with Gasteiger partial charge < -0.3 is 5.73 Å². The van der Waals surface area contributed by atoms with E-state index in [-0.39, 0.29) is 0 Å². The molecule has 6 heteroatoms. The molecule has 2 N–H and O–H groups in total. The number of thiazole rings is 1. The minimum atomic E-state index is 0.584. The highest BCUT2D eigenvalue weighted by Gasteiger charge is 2.03. The molecular weight excluding hydrogens is 210 g/mol. The second-order valence-corrected chi connectivity index (χ2v) is 4.11. The lowest BCUT2D eigenvalue weighted by Gasteiger charge is -1.98. The number of benzene rings is 1. The van der Waals surface area contributed by atoms with Gasteiger partial charge in [-0.05, 0) is 18.2 Å². The van der Waals surface area contributed by atoms with Gasteiger partial charge in [0.2, 0.25) is 0 Å². The molecule has 0 saturated carbocycles. The fourth-order valence-electron chi connectivity index (χ4n) is 1.42. The smallest absolute Gasteiger partial charge is 0.181 e. The molecule has 0 saturated heterocycles. The van der Waals surface area contributed by atoms with Crippen LogP contribution in [0.15, 0.2) is 30.6 Å². The van der Waals surface area contributed by atoms with E-state index in [1.54, 1.807) is 17.1 Å². The van der Waals surface area contributed by atoms with Crippen molar-refractivity contribution in [3.05, 3.63) is 30.6 Å². The van der Waals surface area contributed by atoms with Crippen LogP contribution in [0, 0.1) is 0 Å². The van der Waals surface area contributed by atoms with E-state index in [9.17, 15) is 0 Å². The van der Waals surface area contributed by atoms with Crippen molar-refractivity contribution in [2.45, 2.75) is 0 Å². The van der Waals surface area contributed by atoms with Crippen LogP contribution < -0.4 is 5.73 Å². The summed E-state index contributed by atoms with van der Waals surface area (Å²) < 4.78 is 2.76. The van der Waals surface area contributed by atoms with Crippen LogP contribution in [-0.2, 0) is 0 Å². The Morgan fingerprint density at radius 2 is 2.27 bits per heavy atom. The predicted octanol–water partition coefficient (Wildman–Crippen LogP) is 1.46. The Kier molecular flexibility index (Phi) is 1.69. The number of hydrogen-bond acceptors (Lipinski definition) is 5. The molecule has 0 amide bonds. The third-order valence-corrected chi connectivity index (χ3v) is 2.92. The van der Waals surface area contributed by atoms with Crippen LogP contribution in [0.25, 0.3) is 15.9 Å². The maximum atomic E-state index is 5.63. The Labute approximate surface area is 89.2 Å². The molecule has 1 aromatic carbocycles. The summed E-state index contributed by atoms with van der Waals surface area (Å²) in [7, 11) is 0. The molecule has 3 aromatic rings. The molecule has 0 radical (unpaired) electrons. The first-order valence-corrected chi connectivity index (χ1v) is 5.17. The summed E-state index contributed by atoms with van der Waals surface area (Å²) in [4.78, 5) is 4.19. The molecule has 15 heavy (non-hydrogen) atoms. The van der Waals surface area contributed by atoms with Crippen molar-refractivity contribution in [3.63, 3.8) is 0 Å². The largest absolute Gasteiger partial charge is 0.375 e. The summed E-state index contributed by atoms with van der Waals surface area (Å²) in [6, 6.07) is 5.87. The minimum Gasteiger partial charge on any atom is -0.375 e. The lowest BCUT2D eigenvalue weighted by atomic mass is 10.3. The van der Waals surface area contributed by atoms with Crippen molar-refractivity contribution in [2.24, 2.45) is 0 Å². The van der Waals surface area contributed by atoms with Crippen LogP contribution in [-0.4, -0.2) is 20.0 Å². The molecule has 0 atom stereocenters. The molecule has 5 nitrogen and oxygen atoms in total. The lowest BCUT2D eigenvalue weighted by Crippen LogP contribution is -1.93. The molecule has 2 aromatic heterocycles. The van der Waals surface area contributed by atoms with Gasteiger partial charge in [-0.15, -0.1) is 5.10 Å². The van der Waals surface area contributed by atoms with Crippen LogP contribution in [0.3, 0.4) is 0 Å². The van der Waals surface area contributed by atoms with Crippen molar-refractivity contribution in [2.75, 3.05) is 5.73 Å². The SMILES string of the molecule is Nc1nc2ccc(-n3ccnn3)cc2s1. The summed E-state index contributed by atoms with van der Waals surface area (Å²) in [6.07, 6.45) is 3.44. The van der Waals surface area contributed by atoms with Gasteiger partial charge in [0.1, 0.15) is 0 Å². The zero-order chi connectivity index (χ0) is 10.3. The zero-order valence-corrected chi connectivity index (χ0v) is 8.48. The predicted molar refractivity (Wildman–Crippen MR) is 58.9 cm³/mol. The van der Waals surface area contributed by atoms with Crippen LogP contribution >= 0.6 is 11.3 Å². The fraction of sp³-hybridized carbons (Fsp3) is 0. The maximum Gasteiger partial charge on any atom is 0.181 e. The monoisotopic (exact) mass is 217 g/mol. The van der Waals surface area contributed by atoms with Crippen LogP contribution in [0.2, 0.25) is 0 Å². The van der Waals surface area contributed by atoms with Crippen molar-refractivity contribution in [1.82, 2.24) is 20.0 Å². The Morgan fingerprint density at radius 1 is 1.33 bits per heavy atom. The van der Waals surface area contributed by atoms with E-state index >= 15 is 0 Å². The number of anilines is 1. The first-order valence-electron chi connectivity index (χ1n) is 4.36. The number of fused-ring (bicyclic) bond motifs is 1. The normalized spacial score (nSPS) is 10.9. The van der Waals surface area contributed by atoms with Crippen molar-refractivity contribution in [3.8, 4) is 5.69 Å². The quantitative estimate of drug-likeness (QED) is 0.670. The molecule has 2 heterocycles. The molecule has 74 valence electrons. The van der Waals surface area contributed by atoms with Crippen molar-refractivity contribution in [1.29, 1.82) is 0 Å². The Morgan fingerprint density at radius 3 is 3.07 bits per heavy atom. The van der Waals surface area contributed by atoms with Gasteiger partial charge in [0.15, 0.2) is 5.13 Å². The average Bonchev–Trinajstić information content (AvgIpc) is 2.82. The van der Waals surface area contributed by atoms with E-state index in [1.807, 2.05) is 18.2 Å². The van der Waals surface area contributed by atoms with Gasteiger partial charge in [0.05, 0.1) is 28.3 Å². The molecule has 0 aliphatic heterocycles. The average molecular weight is 217 g/mol. The Bertz CT molecular complexity index is 598. The van der Waals surface area contributed by atoms with E-state index in [0.717, 1.165) is 15.9 Å². The standard InChI is InChI=1S/C9H7N5S/c10-9-12-7-2-1-6(5-8(7)15-9)14-4-3-11-13-14/h1-5H,(H2,10,12). The molecule has 0 bridgehead atoms. The fourth-order valence-corrected chi connectivity index (χ4v) is 2.19. The summed E-state index contributed by atoms with van der Waals surface area (Å²) in [5, 5.41) is 8.26. The zero-order valence-electron chi connectivity index (χ0n) is 7.66. The van der Waals surface area contributed by atoms with E-state index in [4.69, 9.17) is 5.73 Å². The summed E-state index contributed by atoms with van der Waals surface area (Å²) in [6.45, 7) is 0. The maximum absolute atomic E-state index is 5.63. The highest BCUT2D eigenvalue weighted by Crippen LogP contribution is 2.25. The van der Waals surface area contributed by atoms with Gasteiger partial charge in [-0.3, -0.25) is 0 Å². The number of hydrogen-bond donors (Lipinski definition) is 1. The number of rotatable bonds is 1. The van der Waals surface area contributed by atoms with E-state index in [2.05, 4.69) is 15.3 Å². The Hall–Kier alpha value is -1.95. The lowest BCUT2D eigenvalue weighted by molar-refractivity contribution is 0.804. The first-order chi connectivity index (χ1) is 7.33. The Balaban J connectivity index is 2.21. The van der Waals surface area contributed by atoms with Gasteiger partial charge in [0, 0.05) is 0 Å². The minimum absolute atomic E-state index is 0.584. The summed E-state index contributed by atoms with van der Waals surface area (Å²) >= 11 is 1.47. The van der Waals surface area contributed by atoms with Crippen molar-refractivity contribution < 1.29 is 0 Å². The second kappa shape index (κ2) is 3.03. The molecule has 0 spiro atoms. The van der Waals surface area contributed by atoms with Crippen LogP contribution in [0.4, 0.5) is 5.13 Å². The molecule has 0 aliphatic carbocycles. The molecule has 3 rings (SSSR count). The van der Waals surface area contributed by atoms with E-state index in [1.165, 1.54) is 11.3 Å². The van der Waals surface area contributed by atoms with Gasteiger partial charge in [-0.2, -0.15) is 0 Å². The third-order valence-electron chi connectivity index (χ3n) is 2.08. The van der Waals surface area contributed by atoms with E-state index in [0.29, 0.717) is 5.13 Å². The van der Waals surface area contributed by atoms with Crippen molar-refractivity contribution >= 4 is 26.7 Å². The van der Waals surface area contributed by atoms with Crippen LogP contribution in [0.5, 0.6) is 0 Å². The second-order valence-electron chi connectivity index (χ2n) is 3.05. The summed E-state index contributed by atoms with van der Waals surface area (Å²) in [5.74, 6) is 0. The third kappa shape index (κ3) is 1.35. The highest BCUT2D eigenvalue weighted by atomic mass is 32.1. The number of nitrogen functional groups attached to an aromatic ring is 1.